The van der Waals surface area contributed by atoms with E-state index < -0.39 is 11.4 Å². The maximum Gasteiger partial charge on any atom is 0.266 e. The standard InChI is InChI=1S/C17H16ClFN2O2/c1-3-4-7-23-14-6-5-13(18)15(16(14)19)11-8-10(2)21-17(22)12(11)9-20/h5-6,8H,3-4,7H2,1-2H3,(H,21,22). The van der Waals surface area contributed by atoms with Crippen LogP contribution >= 0.6 is 11.6 Å². The van der Waals surface area contributed by atoms with Gasteiger partial charge in [0, 0.05) is 16.8 Å². The molecule has 1 N–H and O–H groups in total. The van der Waals surface area contributed by atoms with Crippen molar-refractivity contribution in [2.75, 3.05) is 6.61 Å². The molecule has 2 aromatic rings. The number of unbranched alkanes of at least 4 members (excludes halogenated alkanes) is 1. The van der Waals surface area contributed by atoms with Crippen molar-refractivity contribution in [3.8, 4) is 22.9 Å². The fourth-order valence-electron chi connectivity index (χ4n) is 2.22. The normalized spacial score (nSPS) is 10.4. The van der Waals surface area contributed by atoms with Gasteiger partial charge in [0.2, 0.25) is 0 Å². The van der Waals surface area contributed by atoms with Gasteiger partial charge < -0.3 is 9.72 Å². The number of nitriles is 1. The van der Waals surface area contributed by atoms with Crippen LogP contribution in [0.25, 0.3) is 11.1 Å². The minimum Gasteiger partial charge on any atom is -0.490 e. The third kappa shape index (κ3) is 3.54. The molecule has 1 heterocycles. The molecule has 4 nitrogen and oxygen atoms in total. The number of hydrogen-bond acceptors (Lipinski definition) is 3. The van der Waals surface area contributed by atoms with Crippen molar-refractivity contribution < 1.29 is 9.13 Å². The summed E-state index contributed by atoms with van der Waals surface area (Å²) in [4.78, 5) is 14.4. The van der Waals surface area contributed by atoms with E-state index in [9.17, 15) is 14.4 Å². The quantitative estimate of drug-likeness (QED) is 0.833. The second-order valence-electron chi connectivity index (χ2n) is 5.12. The van der Waals surface area contributed by atoms with E-state index in [1.165, 1.54) is 18.2 Å². The Hall–Kier alpha value is -2.32. The van der Waals surface area contributed by atoms with Crippen molar-refractivity contribution in [1.82, 2.24) is 4.98 Å². The zero-order valence-electron chi connectivity index (χ0n) is 12.9. The Bertz CT molecular complexity index is 825. The van der Waals surface area contributed by atoms with Gasteiger partial charge in [0.15, 0.2) is 11.6 Å². The Morgan fingerprint density at radius 3 is 2.83 bits per heavy atom. The fourth-order valence-corrected chi connectivity index (χ4v) is 2.46. The highest BCUT2D eigenvalue weighted by molar-refractivity contribution is 6.33. The van der Waals surface area contributed by atoms with E-state index in [0.717, 1.165) is 12.8 Å². The molecule has 0 saturated heterocycles. The number of halogens is 2. The van der Waals surface area contributed by atoms with Gasteiger partial charge >= 0.3 is 0 Å². The van der Waals surface area contributed by atoms with Crippen molar-refractivity contribution in [3.05, 3.63) is 50.7 Å². The number of rotatable bonds is 5. The minimum atomic E-state index is -0.671. The molecule has 23 heavy (non-hydrogen) atoms. The summed E-state index contributed by atoms with van der Waals surface area (Å²) >= 11 is 6.11. The molecular weight excluding hydrogens is 319 g/mol. The lowest BCUT2D eigenvalue weighted by molar-refractivity contribution is 0.294. The summed E-state index contributed by atoms with van der Waals surface area (Å²) in [7, 11) is 0. The van der Waals surface area contributed by atoms with Crippen LogP contribution in [0.2, 0.25) is 5.02 Å². The molecule has 120 valence electrons. The van der Waals surface area contributed by atoms with Crippen LogP contribution in [0.1, 0.15) is 31.0 Å². The molecule has 6 heteroatoms. The van der Waals surface area contributed by atoms with Gasteiger partial charge in [0.1, 0.15) is 11.6 Å². The maximum atomic E-state index is 14.8. The van der Waals surface area contributed by atoms with Gasteiger partial charge in [-0.25, -0.2) is 4.39 Å². The van der Waals surface area contributed by atoms with Gasteiger partial charge in [-0.2, -0.15) is 5.26 Å². The number of benzene rings is 1. The predicted molar refractivity (Wildman–Crippen MR) is 87.3 cm³/mol. The first-order chi connectivity index (χ1) is 11.0. The average Bonchev–Trinajstić information content (AvgIpc) is 2.49. The number of aromatic amines is 1. The summed E-state index contributed by atoms with van der Waals surface area (Å²) in [5, 5.41) is 9.33. The summed E-state index contributed by atoms with van der Waals surface area (Å²) in [6.07, 6.45) is 1.72. The first kappa shape index (κ1) is 17.0. The van der Waals surface area contributed by atoms with Crippen LogP contribution in [-0.4, -0.2) is 11.6 Å². The van der Waals surface area contributed by atoms with Gasteiger partial charge in [0.25, 0.3) is 5.56 Å². The molecule has 0 aliphatic rings. The molecule has 0 fully saturated rings. The number of H-pyrrole nitrogens is 1. The molecule has 0 unspecified atom stereocenters. The molecule has 1 aromatic heterocycles. The van der Waals surface area contributed by atoms with Gasteiger partial charge in [0.05, 0.1) is 11.6 Å². The highest BCUT2D eigenvalue weighted by Gasteiger charge is 2.20. The maximum absolute atomic E-state index is 14.8. The lowest BCUT2D eigenvalue weighted by atomic mass is 10.00. The summed E-state index contributed by atoms with van der Waals surface area (Å²) in [6.45, 7) is 4.04. The number of aromatic nitrogens is 1. The van der Waals surface area contributed by atoms with Gasteiger partial charge in [-0.05, 0) is 31.5 Å². The molecular formula is C17H16ClFN2O2. The number of aryl methyl sites for hydroxylation is 1. The Balaban J connectivity index is 2.62. The summed E-state index contributed by atoms with van der Waals surface area (Å²) in [5.74, 6) is -0.616. The number of nitrogens with zero attached hydrogens (tertiary/aromatic N) is 1. The molecule has 0 bridgehead atoms. The Morgan fingerprint density at radius 2 is 2.17 bits per heavy atom. The molecule has 0 aliphatic heterocycles. The number of pyridine rings is 1. The second-order valence-corrected chi connectivity index (χ2v) is 5.53. The topological polar surface area (TPSA) is 65.9 Å². The molecule has 0 aliphatic carbocycles. The molecule has 1 aromatic carbocycles. The van der Waals surface area contributed by atoms with Crippen molar-refractivity contribution >= 4 is 11.6 Å². The van der Waals surface area contributed by atoms with Crippen LogP contribution in [-0.2, 0) is 0 Å². The molecule has 0 atom stereocenters. The van der Waals surface area contributed by atoms with E-state index in [-0.39, 0.29) is 27.5 Å². The van der Waals surface area contributed by atoms with Crippen LogP contribution in [0.3, 0.4) is 0 Å². The lowest BCUT2D eigenvalue weighted by Crippen LogP contribution is -2.13. The van der Waals surface area contributed by atoms with Crippen molar-refractivity contribution in [2.45, 2.75) is 26.7 Å². The summed E-state index contributed by atoms with van der Waals surface area (Å²) in [6, 6.07) is 6.28. The zero-order valence-corrected chi connectivity index (χ0v) is 13.6. The van der Waals surface area contributed by atoms with E-state index in [1.807, 2.05) is 6.92 Å². The Morgan fingerprint density at radius 1 is 1.43 bits per heavy atom. The summed E-state index contributed by atoms with van der Waals surface area (Å²) in [5.41, 5.74) is -0.0715. The van der Waals surface area contributed by atoms with Crippen LogP contribution in [0, 0.1) is 24.1 Å². The monoisotopic (exact) mass is 334 g/mol. The summed E-state index contributed by atoms with van der Waals surface area (Å²) < 4.78 is 20.2. The van der Waals surface area contributed by atoms with Crippen molar-refractivity contribution in [2.24, 2.45) is 0 Å². The number of ether oxygens (including phenoxy) is 1. The first-order valence-electron chi connectivity index (χ1n) is 7.24. The largest absolute Gasteiger partial charge is 0.490 e. The van der Waals surface area contributed by atoms with Crippen molar-refractivity contribution in [3.63, 3.8) is 0 Å². The average molecular weight is 335 g/mol. The second kappa shape index (κ2) is 7.30. The minimum absolute atomic E-state index is 0.00594. The molecule has 0 spiro atoms. The molecule has 2 rings (SSSR count). The first-order valence-corrected chi connectivity index (χ1v) is 7.62. The van der Waals surface area contributed by atoms with E-state index in [0.29, 0.717) is 12.3 Å². The van der Waals surface area contributed by atoms with Crippen molar-refractivity contribution in [1.29, 1.82) is 5.26 Å². The molecule has 0 saturated carbocycles. The fraction of sp³-hybridized carbons (Fsp3) is 0.294. The zero-order chi connectivity index (χ0) is 17.0. The van der Waals surface area contributed by atoms with Gasteiger partial charge in [-0.1, -0.05) is 24.9 Å². The Kier molecular flexibility index (Phi) is 5.41. The van der Waals surface area contributed by atoms with Crippen LogP contribution in [0.5, 0.6) is 5.75 Å². The van der Waals surface area contributed by atoms with Gasteiger partial charge in [-0.3, -0.25) is 4.79 Å². The lowest BCUT2D eigenvalue weighted by Gasteiger charge is -2.13. The highest BCUT2D eigenvalue weighted by atomic mass is 35.5. The predicted octanol–water partition coefficient (Wildman–Crippen LogP) is 4.19. The number of hydrogen-bond donors (Lipinski definition) is 1. The van der Waals surface area contributed by atoms with E-state index in [1.54, 1.807) is 13.0 Å². The van der Waals surface area contributed by atoms with Crippen LogP contribution in [0.15, 0.2) is 23.0 Å². The van der Waals surface area contributed by atoms with Crippen LogP contribution < -0.4 is 10.3 Å². The smallest absolute Gasteiger partial charge is 0.266 e. The molecule has 0 amide bonds. The van der Waals surface area contributed by atoms with E-state index in [4.69, 9.17) is 16.3 Å². The van der Waals surface area contributed by atoms with E-state index >= 15 is 0 Å². The third-order valence-corrected chi connectivity index (χ3v) is 3.68. The third-order valence-electron chi connectivity index (χ3n) is 3.36. The SMILES string of the molecule is CCCCOc1ccc(Cl)c(-c2cc(C)[nH]c(=O)c2C#N)c1F. The Labute approximate surface area is 138 Å². The number of nitrogens with one attached hydrogen (secondary N) is 1. The highest BCUT2D eigenvalue weighted by Crippen LogP contribution is 2.36. The van der Waals surface area contributed by atoms with E-state index in [2.05, 4.69) is 4.98 Å². The van der Waals surface area contributed by atoms with Crippen LogP contribution in [0.4, 0.5) is 4.39 Å². The molecule has 0 radical (unpaired) electrons. The van der Waals surface area contributed by atoms with Gasteiger partial charge in [-0.15, -0.1) is 0 Å².